The van der Waals surface area contributed by atoms with E-state index in [2.05, 4.69) is 0 Å². The number of hydrogen-bond donors (Lipinski definition) is 0. The van der Waals surface area contributed by atoms with Crippen LogP contribution in [0.5, 0.6) is 5.75 Å². The van der Waals surface area contributed by atoms with Gasteiger partial charge in [-0.25, -0.2) is 4.79 Å². The Morgan fingerprint density at radius 3 is 2.67 bits per heavy atom. The molecule has 0 radical (unpaired) electrons. The Balaban J connectivity index is 1.47. The smallest absolute Gasteiger partial charge is 0.344 e. The van der Waals surface area contributed by atoms with E-state index in [0.717, 1.165) is 32.1 Å². The van der Waals surface area contributed by atoms with Gasteiger partial charge in [0.15, 0.2) is 19.0 Å². The van der Waals surface area contributed by atoms with Crippen LogP contribution in [0, 0.1) is 16.0 Å². The number of esters is 1. The molecular weight excluding hydrogens is 352 g/mol. The SMILES string of the molecule is O=C(COc1ccccc1[N+](=O)[O-])OCC(=O)N1CCC[C@H]2CCCC[C@H]21. The maximum absolute atomic E-state index is 12.5. The van der Waals surface area contributed by atoms with Gasteiger partial charge in [0.1, 0.15) is 0 Å². The number of benzene rings is 1. The zero-order valence-corrected chi connectivity index (χ0v) is 15.2. The monoisotopic (exact) mass is 376 g/mol. The van der Waals surface area contributed by atoms with Crippen LogP contribution in [0.2, 0.25) is 0 Å². The Labute approximate surface area is 157 Å². The lowest BCUT2D eigenvalue weighted by atomic mass is 9.78. The molecule has 27 heavy (non-hydrogen) atoms. The number of carbonyl (C=O) groups is 2. The molecule has 1 aromatic rings. The molecule has 1 saturated carbocycles. The van der Waals surface area contributed by atoms with Gasteiger partial charge in [-0.15, -0.1) is 0 Å². The number of ether oxygens (including phenoxy) is 2. The van der Waals surface area contributed by atoms with Crippen LogP contribution in [0.25, 0.3) is 0 Å². The number of nitrogens with zero attached hydrogens (tertiary/aromatic N) is 2. The quantitative estimate of drug-likeness (QED) is 0.430. The first-order valence-corrected chi connectivity index (χ1v) is 9.37. The summed E-state index contributed by atoms with van der Waals surface area (Å²) in [6.07, 6.45) is 6.69. The summed E-state index contributed by atoms with van der Waals surface area (Å²) in [4.78, 5) is 36.6. The van der Waals surface area contributed by atoms with E-state index in [1.165, 1.54) is 24.6 Å². The van der Waals surface area contributed by atoms with Crippen LogP contribution < -0.4 is 4.74 Å². The third-order valence-corrected chi connectivity index (χ3v) is 5.33. The fourth-order valence-corrected chi connectivity index (χ4v) is 4.07. The van der Waals surface area contributed by atoms with Crippen molar-refractivity contribution in [1.82, 2.24) is 4.90 Å². The van der Waals surface area contributed by atoms with Crippen LogP contribution in [0.4, 0.5) is 5.69 Å². The number of nitro benzene ring substituents is 1. The molecule has 1 saturated heterocycles. The predicted molar refractivity (Wildman–Crippen MR) is 96.2 cm³/mol. The van der Waals surface area contributed by atoms with Gasteiger partial charge in [-0.1, -0.05) is 25.0 Å². The average molecular weight is 376 g/mol. The van der Waals surface area contributed by atoms with Crippen molar-refractivity contribution in [3.05, 3.63) is 34.4 Å². The molecule has 0 bridgehead atoms. The van der Waals surface area contributed by atoms with Crippen LogP contribution in [0.1, 0.15) is 38.5 Å². The number of piperidine rings is 1. The van der Waals surface area contributed by atoms with Crippen LogP contribution in [-0.2, 0) is 14.3 Å². The van der Waals surface area contributed by atoms with E-state index in [4.69, 9.17) is 9.47 Å². The number of rotatable bonds is 6. The Bertz CT molecular complexity index is 705. The number of hydrogen-bond acceptors (Lipinski definition) is 6. The molecule has 0 N–H and O–H groups in total. The van der Waals surface area contributed by atoms with E-state index in [1.54, 1.807) is 6.07 Å². The zero-order chi connectivity index (χ0) is 19.2. The highest BCUT2D eigenvalue weighted by Crippen LogP contribution is 2.35. The molecule has 2 aliphatic rings. The summed E-state index contributed by atoms with van der Waals surface area (Å²) in [6.45, 7) is -0.0866. The van der Waals surface area contributed by atoms with E-state index in [9.17, 15) is 19.7 Å². The minimum atomic E-state index is -0.723. The molecule has 1 aromatic carbocycles. The number of nitro groups is 1. The Morgan fingerprint density at radius 1 is 1.11 bits per heavy atom. The van der Waals surface area contributed by atoms with Crippen molar-refractivity contribution in [2.45, 2.75) is 44.6 Å². The number of fused-ring (bicyclic) bond motifs is 1. The summed E-state index contributed by atoms with van der Waals surface area (Å²) < 4.78 is 10.2. The van der Waals surface area contributed by atoms with E-state index < -0.39 is 17.5 Å². The Hall–Kier alpha value is -2.64. The Morgan fingerprint density at radius 2 is 1.85 bits per heavy atom. The maximum atomic E-state index is 12.5. The summed E-state index contributed by atoms with van der Waals surface area (Å²) in [6, 6.07) is 6.06. The van der Waals surface area contributed by atoms with Crippen molar-refractivity contribution >= 4 is 17.6 Å². The maximum Gasteiger partial charge on any atom is 0.344 e. The van der Waals surface area contributed by atoms with E-state index in [-0.39, 0.29) is 30.0 Å². The molecule has 1 aliphatic heterocycles. The summed E-state index contributed by atoms with van der Waals surface area (Å²) in [5.74, 6) is -0.342. The van der Waals surface area contributed by atoms with Crippen molar-refractivity contribution in [2.75, 3.05) is 19.8 Å². The molecule has 146 valence electrons. The van der Waals surface area contributed by atoms with Gasteiger partial charge in [0, 0.05) is 18.7 Å². The van der Waals surface area contributed by atoms with Crippen LogP contribution >= 0.6 is 0 Å². The summed E-state index contributed by atoms with van der Waals surface area (Å²) >= 11 is 0. The molecule has 8 heteroatoms. The summed E-state index contributed by atoms with van der Waals surface area (Å²) in [5, 5.41) is 10.9. The van der Waals surface area contributed by atoms with Crippen molar-refractivity contribution in [2.24, 2.45) is 5.92 Å². The van der Waals surface area contributed by atoms with Crippen molar-refractivity contribution in [3.63, 3.8) is 0 Å². The molecule has 3 rings (SSSR count). The van der Waals surface area contributed by atoms with Gasteiger partial charge in [-0.2, -0.15) is 0 Å². The lowest BCUT2D eigenvalue weighted by Gasteiger charge is -2.44. The fourth-order valence-electron chi connectivity index (χ4n) is 4.07. The van der Waals surface area contributed by atoms with Crippen molar-refractivity contribution < 1.29 is 24.0 Å². The predicted octanol–water partition coefficient (Wildman–Crippen LogP) is 2.70. The lowest BCUT2D eigenvalue weighted by Crippen LogP contribution is -2.51. The van der Waals surface area contributed by atoms with E-state index in [0.29, 0.717) is 12.5 Å². The Kier molecular flexibility index (Phi) is 6.26. The molecule has 8 nitrogen and oxygen atoms in total. The van der Waals surface area contributed by atoms with Crippen LogP contribution in [0.15, 0.2) is 24.3 Å². The van der Waals surface area contributed by atoms with Gasteiger partial charge in [-0.3, -0.25) is 14.9 Å². The first kappa shape index (κ1) is 19.1. The summed E-state index contributed by atoms with van der Waals surface area (Å²) in [7, 11) is 0. The lowest BCUT2D eigenvalue weighted by molar-refractivity contribution is -0.385. The van der Waals surface area contributed by atoms with Gasteiger partial charge in [-0.05, 0) is 37.7 Å². The van der Waals surface area contributed by atoms with Crippen molar-refractivity contribution in [1.29, 1.82) is 0 Å². The molecule has 0 spiro atoms. The van der Waals surface area contributed by atoms with Gasteiger partial charge in [0.05, 0.1) is 4.92 Å². The van der Waals surface area contributed by atoms with E-state index in [1.807, 2.05) is 4.90 Å². The highest BCUT2D eigenvalue weighted by atomic mass is 16.6. The molecular formula is C19H24N2O6. The zero-order valence-electron chi connectivity index (χ0n) is 15.2. The normalized spacial score (nSPS) is 21.9. The fraction of sp³-hybridized carbons (Fsp3) is 0.579. The minimum Gasteiger partial charge on any atom is -0.475 e. The number of likely N-dealkylation sites (tertiary alicyclic amines) is 1. The molecule has 1 heterocycles. The average Bonchev–Trinajstić information content (AvgIpc) is 2.70. The third-order valence-electron chi connectivity index (χ3n) is 5.33. The highest BCUT2D eigenvalue weighted by molar-refractivity contribution is 5.81. The van der Waals surface area contributed by atoms with Crippen LogP contribution in [-0.4, -0.2) is 47.5 Å². The van der Waals surface area contributed by atoms with Crippen molar-refractivity contribution in [3.8, 4) is 5.75 Å². The summed E-state index contributed by atoms with van der Waals surface area (Å²) in [5.41, 5.74) is -0.224. The number of carbonyl (C=O) groups excluding carboxylic acids is 2. The largest absolute Gasteiger partial charge is 0.475 e. The number of amides is 1. The second-order valence-electron chi connectivity index (χ2n) is 7.02. The second-order valence-corrected chi connectivity index (χ2v) is 7.02. The van der Waals surface area contributed by atoms with Crippen LogP contribution in [0.3, 0.4) is 0 Å². The molecule has 1 amide bonds. The molecule has 1 aliphatic carbocycles. The molecule has 0 unspecified atom stereocenters. The standard InChI is InChI=1S/C19H24N2O6/c22-18(20-11-5-7-14-6-1-2-8-15(14)20)12-27-19(23)13-26-17-10-4-3-9-16(17)21(24)25/h3-4,9-10,14-15H,1-2,5-8,11-13H2/t14-,15-/m1/s1. The molecule has 2 fully saturated rings. The first-order valence-electron chi connectivity index (χ1n) is 9.37. The van der Waals surface area contributed by atoms with Gasteiger partial charge in [0.25, 0.3) is 5.91 Å². The molecule has 2 atom stereocenters. The van der Waals surface area contributed by atoms with Gasteiger partial charge >= 0.3 is 11.7 Å². The van der Waals surface area contributed by atoms with Gasteiger partial charge < -0.3 is 14.4 Å². The topological polar surface area (TPSA) is 99.0 Å². The van der Waals surface area contributed by atoms with Gasteiger partial charge in [0.2, 0.25) is 0 Å². The molecule has 0 aromatic heterocycles. The first-order chi connectivity index (χ1) is 13.1. The highest BCUT2D eigenvalue weighted by Gasteiger charge is 2.35. The third kappa shape index (κ3) is 4.75. The minimum absolute atomic E-state index is 0.00754. The van der Waals surface area contributed by atoms with E-state index >= 15 is 0 Å². The number of para-hydroxylation sites is 2. The second kappa shape index (κ2) is 8.83.